The zero-order valence-corrected chi connectivity index (χ0v) is 15.1. The number of carboxylic acids is 1. The number of rotatable bonds is 9. The van der Waals surface area contributed by atoms with E-state index >= 15 is 0 Å². The second-order valence-corrected chi connectivity index (χ2v) is 6.51. The minimum atomic E-state index is -0.947. The Morgan fingerprint density at radius 2 is 2.04 bits per heavy atom. The highest BCUT2D eigenvalue weighted by Crippen LogP contribution is 2.35. The third-order valence-electron chi connectivity index (χ3n) is 3.66. The second-order valence-electron chi connectivity index (χ2n) is 5.51. The van der Waals surface area contributed by atoms with Gasteiger partial charge in [-0.15, -0.1) is 11.3 Å². The summed E-state index contributed by atoms with van der Waals surface area (Å²) in [7, 11) is 1.61. The molecule has 6 heteroatoms. The summed E-state index contributed by atoms with van der Waals surface area (Å²) in [4.78, 5) is 15.8. The van der Waals surface area contributed by atoms with Crippen LogP contribution >= 0.6 is 11.3 Å². The summed E-state index contributed by atoms with van der Waals surface area (Å²) in [6.45, 7) is 4.52. The number of aromatic carboxylic acids is 1. The number of benzene rings is 1. The fourth-order valence-corrected chi connectivity index (χ4v) is 3.25. The van der Waals surface area contributed by atoms with Crippen LogP contribution in [0.2, 0.25) is 0 Å². The average Bonchev–Trinajstić information content (AvgIpc) is 2.96. The van der Waals surface area contributed by atoms with Crippen molar-refractivity contribution in [1.82, 2.24) is 4.98 Å². The molecule has 0 fully saturated rings. The van der Waals surface area contributed by atoms with Crippen LogP contribution in [0.1, 0.15) is 48.0 Å². The van der Waals surface area contributed by atoms with Gasteiger partial charge in [0.05, 0.1) is 19.4 Å². The summed E-state index contributed by atoms with van der Waals surface area (Å²) >= 11 is 1.17. The van der Waals surface area contributed by atoms with Crippen LogP contribution in [-0.2, 0) is 0 Å². The number of aryl methyl sites for hydroxylation is 1. The van der Waals surface area contributed by atoms with E-state index in [9.17, 15) is 9.90 Å². The molecule has 0 unspecified atom stereocenters. The van der Waals surface area contributed by atoms with Gasteiger partial charge in [0.15, 0.2) is 11.5 Å². The zero-order valence-electron chi connectivity index (χ0n) is 14.3. The van der Waals surface area contributed by atoms with E-state index in [1.807, 2.05) is 18.2 Å². The molecule has 1 heterocycles. The molecule has 0 aliphatic carbocycles. The molecule has 24 heavy (non-hydrogen) atoms. The molecule has 0 saturated carbocycles. The zero-order chi connectivity index (χ0) is 17.5. The number of hydrogen-bond acceptors (Lipinski definition) is 5. The van der Waals surface area contributed by atoms with Gasteiger partial charge in [-0.05, 0) is 31.5 Å². The van der Waals surface area contributed by atoms with Crippen LogP contribution in [0.25, 0.3) is 10.6 Å². The van der Waals surface area contributed by atoms with Crippen LogP contribution in [0.4, 0.5) is 0 Å². The van der Waals surface area contributed by atoms with Gasteiger partial charge in [-0.3, -0.25) is 0 Å². The molecular weight excluding hydrogens is 326 g/mol. The first-order chi connectivity index (χ1) is 11.6. The lowest BCUT2D eigenvalue weighted by molar-refractivity contribution is 0.0701. The number of thiazole rings is 1. The molecule has 0 spiro atoms. The Balaban J connectivity index is 2.18. The van der Waals surface area contributed by atoms with Gasteiger partial charge >= 0.3 is 5.97 Å². The fourth-order valence-electron chi connectivity index (χ4n) is 2.35. The average molecular weight is 349 g/mol. The number of ether oxygens (including phenoxy) is 2. The topological polar surface area (TPSA) is 68.7 Å². The van der Waals surface area contributed by atoms with Crippen molar-refractivity contribution in [2.75, 3.05) is 13.7 Å². The lowest BCUT2D eigenvalue weighted by Gasteiger charge is -2.11. The molecule has 0 aliphatic rings. The lowest BCUT2D eigenvalue weighted by atomic mass is 10.2. The van der Waals surface area contributed by atoms with E-state index in [0.29, 0.717) is 28.8 Å². The van der Waals surface area contributed by atoms with E-state index in [1.54, 1.807) is 14.0 Å². The van der Waals surface area contributed by atoms with Crippen LogP contribution in [0.3, 0.4) is 0 Å². The summed E-state index contributed by atoms with van der Waals surface area (Å²) in [6.07, 6.45) is 4.54. The van der Waals surface area contributed by atoms with Gasteiger partial charge in [0.25, 0.3) is 0 Å². The maximum atomic E-state index is 11.2. The molecule has 1 aromatic heterocycles. The first-order valence-electron chi connectivity index (χ1n) is 8.08. The number of hydrogen-bond donors (Lipinski definition) is 1. The molecule has 0 bridgehead atoms. The number of carboxylic acid groups (broad SMARTS) is 1. The van der Waals surface area contributed by atoms with Crippen molar-refractivity contribution in [3.05, 3.63) is 28.8 Å². The summed E-state index contributed by atoms with van der Waals surface area (Å²) < 4.78 is 11.2. The normalized spacial score (nSPS) is 10.6. The summed E-state index contributed by atoms with van der Waals surface area (Å²) in [5, 5.41) is 9.85. The molecule has 1 N–H and O–H groups in total. The fraction of sp³-hybridized carbons (Fsp3) is 0.444. The van der Waals surface area contributed by atoms with Crippen molar-refractivity contribution < 1.29 is 19.4 Å². The van der Waals surface area contributed by atoms with Crippen molar-refractivity contribution in [3.63, 3.8) is 0 Å². The van der Waals surface area contributed by atoms with Crippen LogP contribution < -0.4 is 9.47 Å². The van der Waals surface area contributed by atoms with Gasteiger partial charge < -0.3 is 14.6 Å². The van der Waals surface area contributed by atoms with Crippen molar-refractivity contribution in [2.45, 2.75) is 39.5 Å². The third-order valence-corrected chi connectivity index (χ3v) is 4.85. The van der Waals surface area contributed by atoms with Crippen LogP contribution in [0.15, 0.2) is 18.2 Å². The van der Waals surface area contributed by atoms with Crippen LogP contribution in [0.5, 0.6) is 11.5 Å². The Morgan fingerprint density at radius 1 is 1.25 bits per heavy atom. The van der Waals surface area contributed by atoms with Gasteiger partial charge in [-0.25, -0.2) is 9.78 Å². The molecule has 5 nitrogen and oxygen atoms in total. The number of methoxy groups -OCH3 is 1. The van der Waals surface area contributed by atoms with Crippen molar-refractivity contribution in [1.29, 1.82) is 0 Å². The van der Waals surface area contributed by atoms with Gasteiger partial charge in [-0.1, -0.05) is 26.2 Å². The van der Waals surface area contributed by atoms with E-state index in [2.05, 4.69) is 11.9 Å². The van der Waals surface area contributed by atoms with Gasteiger partial charge in [0, 0.05) is 5.56 Å². The second kappa shape index (κ2) is 8.68. The van der Waals surface area contributed by atoms with E-state index in [4.69, 9.17) is 9.47 Å². The number of unbranched alkanes of at least 4 members (excludes halogenated alkanes) is 3. The predicted octanol–water partition coefficient (Wildman–Crippen LogP) is 4.78. The quantitative estimate of drug-likeness (QED) is 0.660. The minimum absolute atomic E-state index is 0.267. The molecule has 2 rings (SSSR count). The van der Waals surface area contributed by atoms with E-state index in [0.717, 1.165) is 18.4 Å². The molecule has 0 saturated heterocycles. The Hall–Kier alpha value is -2.08. The van der Waals surface area contributed by atoms with Gasteiger partial charge in [-0.2, -0.15) is 0 Å². The molecule has 130 valence electrons. The van der Waals surface area contributed by atoms with Crippen LogP contribution in [-0.4, -0.2) is 29.8 Å². The van der Waals surface area contributed by atoms with E-state index in [-0.39, 0.29) is 4.88 Å². The van der Waals surface area contributed by atoms with E-state index < -0.39 is 5.97 Å². The highest BCUT2D eigenvalue weighted by Gasteiger charge is 2.16. The SMILES string of the molecule is CCCCCCOc1cc(-c2nc(C)c(C(=O)O)s2)ccc1OC. The first kappa shape index (κ1) is 18.3. The maximum Gasteiger partial charge on any atom is 0.347 e. The molecule has 0 radical (unpaired) electrons. The first-order valence-corrected chi connectivity index (χ1v) is 8.90. The molecule has 0 atom stereocenters. The van der Waals surface area contributed by atoms with Crippen molar-refractivity contribution in [3.8, 4) is 22.1 Å². The van der Waals surface area contributed by atoms with Crippen LogP contribution in [0, 0.1) is 6.92 Å². The third kappa shape index (κ3) is 4.47. The Labute approximate surface area is 146 Å². The summed E-state index contributed by atoms with van der Waals surface area (Å²) in [6, 6.07) is 5.56. The Kier molecular flexibility index (Phi) is 6.61. The minimum Gasteiger partial charge on any atom is -0.493 e. The molecule has 2 aromatic rings. The van der Waals surface area contributed by atoms with Crippen molar-refractivity contribution in [2.24, 2.45) is 0 Å². The van der Waals surface area contributed by atoms with Gasteiger partial charge in [0.1, 0.15) is 9.88 Å². The molecule has 0 amide bonds. The predicted molar refractivity (Wildman–Crippen MR) is 95.4 cm³/mol. The monoisotopic (exact) mass is 349 g/mol. The molecule has 1 aromatic carbocycles. The highest BCUT2D eigenvalue weighted by atomic mass is 32.1. The van der Waals surface area contributed by atoms with E-state index in [1.165, 1.54) is 24.2 Å². The number of aromatic nitrogens is 1. The lowest BCUT2D eigenvalue weighted by Crippen LogP contribution is -1.99. The Bertz CT molecular complexity index is 696. The van der Waals surface area contributed by atoms with Crippen molar-refractivity contribution >= 4 is 17.3 Å². The maximum absolute atomic E-state index is 11.2. The smallest absolute Gasteiger partial charge is 0.347 e. The largest absolute Gasteiger partial charge is 0.493 e. The number of nitrogens with zero attached hydrogens (tertiary/aromatic N) is 1. The summed E-state index contributed by atoms with van der Waals surface area (Å²) in [5.41, 5.74) is 1.36. The standard InChI is InChI=1S/C18H23NO4S/c1-4-5-6-7-10-23-15-11-13(8-9-14(15)22-3)17-19-12(2)16(24-17)18(20)21/h8-9,11H,4-7,10H2,1-3H3,(H,20,21). The van der Waals surface area contributed by atoms with Gasteiger partial charge in [0.2, 0.25) is 0 Å². The Morgan fingerprint density at radius 3 is 2.67 bits per heavy atom. The summed E-state index contributed by atoms with van der Waals surface area (Å²) in [5.74, 6) is 0.384. The highest BCUT2D eigenvalue weighted by molar-refractivity contribution is 7.17. The molecular formula is C18H23NO4S. The number of carbonyl (C=O) groups is 1. The molecule has 0 aliphatic heterocycles.